The van der Waals surface area contributed by atoms with Crippen LogP contribution in [0.4, 0.5) is 0 Å². The Hall–Kier alpha value is -1.79. The van der Waals surface area contributed by atoms with E-state index in [4.69, 9.17) is 16.0 Å². The van der Waals surface area contributed by atoms with Crippen LogP contribution >= 0.6 is 11.6 Å². The van der Waals surface area contributed by atoms with Crippen molar-refractivity contribution >= 4 is 27.3 Å². The summed E-state index contributed by atoms with van der Waals surface area (Å²) in [7, 11) is -3.71. The summed E-state index contributed by atoms with van der Waals surface area (Å²) in [6.07, 6.45) is 3.14. The topological polar surface area (TPSA) is 76.4 Å². The second kappa shape index (κ2) is 6.37. The molecule has 1 N–H and O–H groups in total. The van der Waals surface area contributed by atoms with Crippen molar-refractivity contribution in [3.8, 4) is 0 Å². The lowest BCUT2D eigenvalue weighted by molar-refractivity contribution is -0.122. The third-order valence-corrected chi connectivity index (χ3v) is 6.12. The van der Waals surface area contributed by atoms with Gasteiger partial charge in [0.2, 0.25) is 5.91 Å². The highest BCUT2D eigenvalue weighted by atomic mass is 35.5. The van der Waals surface area contributed by atoms with Crippen LogP contribution in [0.25, 0.3) is 0 Å². The largest absolute Gasteiger partial charge is 0.468 e. The number of benzene rings is 1. The van der Waals surface area contributed by atoms with Crippen molar-refractivity contribution in [3.63, 3.8) is 0 Å². The molecule has 5 nitrogen and oxygen atoms in total. The van der Waals surface area contributed by atoms with Crippen LogP contribution in [-0.4, -0.2) is 20.9 Å². The number of furan rings is 1. The van der Waals surface area contributed by atoms with Crippen molar-refractivity contribution in [2.45, 2.75) is 23.0 Å². The fourth-order valence-corrected chi connectivity index (χ4v) is 4.02. The Morgan fingerprint density at radius 3 is 2.52 bits per heavy atom. The van der Waals surface area contributed by atoms with Crippen molar-refractivity contribution in [1.29, 1.82) is 0 Å². The van der Waals surface area contributed by atoms with Crippen LogP contribution in [0.15, 0.2) is 52.0 Å². The molecule has 1 atom stereocenters. The molecule has 0 bridgehead atoms. The van der Waals surface area contributed by atoms with Crippen LogP contribution in [0.3, 0.4) is 0 Å². The number of rotatable bonds is 6. The Morgan fingerprint density at radius 1 is 1.26 bits per heavy atom. The van der Waals surface area contributed by atoms with Gasteiger partial charge >= 0.3 is 0 Å². The van der Waals surface area contributed by atoms with Crippen molar-refractivity contribution < 1.29 is 17.6 Å². The summed E-state index contributed by atoms with van der Waals surface area (Å²) in [4.78, 5) is 12.0. The minimum Gasteiger partial charge on any atom is -0.468 e. The number of nitrogens with one attached hydrogen (secondary N) is 1. The maximum absolute atomic E-state index is 12.9. The molecule has 1 heterocycles. The Labute approximate surface area is 139 Å². The highest BCUT2D eigenvalue weighted by Gasteiger charge is 2.34. The molecular weight excluding hydrogens is 338 g/mol. The summed E-state index contributed by atoms with van der Waals surface area (Å²) in [6.45, 7) is -0.0200. The summed E-state index contributed by atoms with van der Waals surface area (Å²) in [5.41, 5.74) is 0. The molecule has 3 rings (SSSR count). The van der Waals surface area contributed by atoms with Crippen LogP contribution < -0.4 is 5.32 Å². The zero-order chi connectivity index (χ0) is 16.4. The van der Waals surface area contributed by atoms with E-state index in [1.165, 1.54) is 30.5 Å². The monoisotopic (exact) mass is 353 g/mol. The highest BCUT2D eigenvalue weighted by molar-refractivity contribution is 7.91. The SMILES string of the molecule is O=C(NC[C@@H](c1ccco1)S(=O)(=O)c1ccc(Cl)cc1)C1CC1. The first-order chi connectivity index (χ1) is 11.0. The summed E-state index contributed by atoms with van der Waals surface area (Å²) >= 11 is 5.82. The van der Waals surface area contributed by atoms with Crippen molar-refractivity contribution in [1.82, 2.24) is 5.32 Å². The molecule has 0 unspecified atom stereocenters. The Kier molecular flexibility index (Phi) is 4.46. The summed E-state index contributed by atoms with van der Waals surface area (Å²) in [5, 5.41) is 2.20. The van der Waals surface area contributed by atoms with Gasteiger partial charge in [0.25, 0.3) is 0 Å². The molecule has 1 aromatic carbocycles. The number of hydrogen-bond donors (Lipinski definition) is 1. The van der Waals surface area contributed by atoms with E-state index < -0.39 is 15.1 Å². The summed E-state index contributed by atoms with van der Waals surface area (Å²) in [5.74, 6) is 0.217. The van der Waals surface area contributed by atoms with Gasteiger partial charge in [-0.25, -0.2) is 8.42 Å². The molecule has 1 aromatic heterocycles. The lowest BCUT2D eigenvalue weighted by Crippen LogP contribution is -2.32. The summed E-state index contributed by atoms with van der Waals surface area (Å²) in [6, 6.07) is 9.18. The van der Waals surface area contributed by atoms with Gasteiger partial charge in [-0.3, -0.25) is 4.79 Å². The number of carbonyl (C=O) groups is 1. The van der Waals surface area contributed by atoms with Gasteiger partial charge in [-0.1, -0.05) is 11.6 Å². The average molecular weight is 354 g/mol. The molecule has 0 spiro atoms. The first kappa shape index (κ1) is 16.1. The molecule has 0 aliphatic heterocycles. The molecular formula is C16H16ClNO4S. The van der Waals surface area contributed by atoms with E-state index in [9.17, 15) is 13.2 Å². The van der Waals surface area contributed by atoms with Crippen LogP contribution in [0.1, 0.15) is 23.9 Å². The minimum atomic E-state index is -3.71. The van der Waals surface area contributed by atoms with E-state index in [0.29, 0.717) is 10.8 Å². The molecule has 7 heteroatoms. The standard InChI is InChI=1S/C16H16ClNO4S/c17-12-5-7-13(8-6-12)23(20,21)15(14-2-1-9-22-14)10-18-16(19)11-3-4-11/h1-2,5-9,11,15H,3-4,10H2,(H,18,19)/t15-/m0/s1. The number of sulfone groups is 1. The maximum atomic E-state index is 12.9. The molecule has 122 valence electrons. The van der Waals surface area contributed by atoms with E-state index >= 15 is 0 Å². The van der Waals surface area contributed by atoms with Crippen molar-refractivity contribution in [2.75, 3.05) is 6.54 Å². The fraction of sp³-hybridized carbons (Fsp3) is 0.312. The molecule has 1 fully saturated rings. The van der Waals surface area contributed by atoms with Crippen LogP contribution in [-0.2, 0) is 14.6 Å². The normalized spacial score (nSPS) is 16.0. The van der Waals surface area contributed by atoms with E-state index in [-0.39, 0.29) is 23.3 Å². The third kappa shape index (κ3) is 3.59. The number of carbonyl (C=O) groups excluding carboxylic acids is 1. The highest BCUT2D eigenvalue weighted by Crippen LogP contribution is 2.31. The molecule has 0 saturated heterocycles. The number of amides is 1. The van der Waals surface area contributed by atoms with Gasteiger partial charge in [-0.05, 0) is 49.2 Å². The van der Waals surface area contributed by atoms with Gasteiger partial charge in [0, 0.05) is 17.5 Å². The number of hydrogen-bond acceptors (Lipinski definition) is 4. The van der Waals surface area contributed by atoms with Crippen molar-refractivity contribution in [2.24, 2.45) is 5.92 Å². The lowest BCUT2D eigenvalue weighted by atomic mass is 10.3. The first-order valence-corrected chi connectivity index (χ1v) is 9.21. The molecule has 23 heavy (non-hydrogen) atoms. The number of halogens is 1. The molecule has 1 amide bonds. The molecule has 0 radical (unpaired) electrons. The predicted octanol–water partition coefficient (Wildman–Crippen LogP) is 2.97. The van der Waals surface area contributed by atoms with Gasteiger partial charge in [-0.15, -0.1) is 0 Å². The van der Waals surface area contributed by atoms with Gasteiger partial charge in [0.1, 0.15) is 11.0 Å². The Balaban J connectivity index is 1.87. The second-order valence-corrected chi connectivity index (χ2v) is 8.09. The zero-order valence-corrected chi connectivity index (χ0v) is 13.8. The fourth-order valence-electron chi connectivity index (χ4n) is 2.31. The van der Waals surface area contributed by atoms with E-state index in [1.807, 2.05) is 0 Å². The van der Waals surface area contributed by atoms with Crippen LogP contribution in [0.5, 0.6) is 0 Å². The van der Waals surface area contributed by atoms with Gasteiger partial charge in [0.05, 0.1) is 11.2 Å². The second-order valence-electron chi connectivity index (χ2n) is 5.52. The Morgan fingerprint density at radius 2 is 1.96 bits per heavy atom. The molecule has 2 aromatic rings. The Bertz CT molecular complexity index is 780. The summed E-state index contributed by atoms with van der Waals surface area (Å²) < 4.78 is 31.1. The maximum Gasteiger partial charge on any atom is 0.223 e. The molecule has 1 aliphatic rings. The van der Waals surface area contributed by atoms with Crippen LogP contribution in [0.2, 0.25) is 5.02 Å². The van der Waals surface area contributed by atoms with E-state index in [1.54, 1.807) is 12.1 Å². The molecule has 1 aliphatic carbocycles. The van der Waals surface area contributed by atoms with E-state index in [0.717, 1.165) is 12.8 Å². The third-order valence-electron chi connectivity index (χ3n) is 3.79. The molecule has 1 saturated carbocycles. The van der Waals surface area contributed by atoms with Crippen molar-refractivity contribution in [3.05, 3.63) is 53.4 Å². The van der Waals surface area contributed by atoms with Gasteiger partial charge in [-0.2, -0.15) is 0 Å². The van der Waals surface area contributed by atoms with Crippen LogP contribution in [0, 0.1) is 5.92 Å². The smallest absolute Gasteiger partial charge is 0.223 e. The first-order valence-electron chi connectivity index (χ1n) is 7.29. The average Bonchev–Trinajstić information content (AvgIpc) is 3.24. The van der Waals surface area contributed by atoms with Gasteiger partial charge < -0.3 is 9.73 Å². The lowest BCUT2D eigenvalue weighted by Gasteiger charge is -2.16. The quantitative estimate of drug-likeness (QED) is 0.866. The minimum absolute atomic E-state index is 0.0190. The zero-order valence-electron chi connectivity index (χ0n) is 12.2. The van der Waals surface area contributed by atoms with E-state index in [2.05, 4.69) is 5.32 Å². The predicted molar refractivity (Wildman–Crippen MR) is 85.8 cm³/mol. The van der Waals surface area contributed by atoms with Gasteiger partial charge in [0.15, 0.2) is 9.84 Å².